The van der Waals surface area contributed by atoms with Gasteiger partial charge in [0.15, 0.2) is 0 Å². The van der Waals surface area contributed by atoms with Crippen molar-refractivity contribution in [3.8, 4) is 0 Å². The van der Waals surface area contributed by atoms with Gasteiger partial charge in [0.2, 0.25) is 5.91 Å². The van der Waals surface area contributed by atoms with Crippen molar-refractivity contribution in [3.63, 3.8) is 0 Å². The van der Waals surface area contributed by atoms with Crippen molar-refractivity contribution in [2.24, 2.45) is 0 Å². The Morgan fingerprint density at radius 1 is 1.17 bits per heavy atom. The number of hydrogen-bond acceptors (Lipinski definition) is 4. The minimum Gasteiger partial charge on any atom is -0.378 e. The van der Waals surface area contributed by atoms with Gasteiger partial charge in [0.05, 0.1) is 0 Å². The summed E-state index contributed by atoms with van der Waals surface area (Å²) in [4.78, 5) is 31.4. The number of carbonyl (C=O) groups is 2. The third kappa shape index (κ3) is 3.38. The number of likely N-dealkylation sites (tertiary alicyclic amines) is 1. The van der Waals surface area contributed by atoms with Crippen molar-refractivity contribution in [2.45, 2.75) is 18.9 Å². The monoisotopic (exact) mass is 330 g/mol. The summed E-state index contributed by atoms with van der Waals surface area (Å²) in [5, 5.41) is 3.26. The number of amides is 2. The number of hydrogen-bond donors (Lipinski definition) is 1. The van der Waals surface area contributed by atoms with Gasteiger partial charge in [-0.1, -0.05) is 6.07 Å². The molecule has 6 nitrogen and oxygen atoms in total. The maximum absolute atomic E-state index is 13.0. The molecule has 2 heterocycles. The summed E-state index contributed by atoms with van der Waals surface area (Å²) in [7, 11) is 3.90. The van der Waals surface area contributed by atoms with E-state index in [-0.39, 0.29) is 11.8 Å². The van der Waals surface area contributed by atoms with E-state index < -0.39 is 6.04 Å². The molecule has 0 saturated carbocycles. The summed E-state index contributed by atoms with van der Waals surface area (Å²) in [5.41, 5.74) is 1.63. The van der Waals surface area contributed by atoms with E-state index in [0.29, 0.717) is 18.7 Å². The number of anilines is 1. The van der Waals surface area contributed by atoms with Gasteiger partial charge >= 0.3 is 0 Å². The zero-order valence-electron chi connectivity index (χ0n) is 14.5. The molecule has 2 saturated heterocycles. The first kappa shape index (κ1) is 16.8. The third-order valence-corrected chi connectivity index (χ3v) is 4.82. The molecule has 0 radical (unpaired) electrons. The summed E-state index contributed by atoms with van der Waals surface area (Å²) in [6, 6.07) is 7.19. The van der Waals surface area contributed by atoms with Crippen molar-refractivity contribution >= 4 is 17.5 Å². The van der Waals surface area contributed by atoms with Crippen molar-refractivity contribution < 1.29 is 9.59 Å². The minimum absolute atomic E-state index is 0.0576. The molecule has 0 aromatic heterocycles. The van der Waals surface area contributed by atoms with Crippen LogP contribution in [0.1, 0.15) is 23.2 Å². The first-order chi connectivity index (χ1) is 11.6. The van der Waals surface area contributed by atoms with Crippen LogP contribution in [-0.2, 0) is 4.79 Å². The molecular weight excluding hydrogens is 304 g/mol. The summed E-state index contributed by atoms with van der Waals surface area (Å²) >= 11 is 0. The van der Waals surface area contributed by atoms with E-state index in [0.717, 1.165) is 38.2 Å². The first-order valence-corrected chi connectivity index (χ1v) is 8.66. The fourth-order valence-electron chi connectivity index (χ4n) is 3.40. The van der Waals surface area contributed by atoms with Crippen LogP contribution in [0.3, 0.4) is 0 Å². The highest BCUT2D eigenvalue weighted by molar-refractivity contribution is 5.98. The summed E-state index contributed by atoms with van der Waals surface area (Å²) in [6.07, 6.45) is 2.12. The minimum atomic E-state index is -0.396. The molecule has 1 aromatic rings. The van der Waals surface area contributed by atoms with Gasteiger partial charge in [-0.25, -0.2) is 0 Å². The number of piperazine rings is 1. The van der Waals surface area contributed by atoms with E-state index in [4.69, 9.17) is 0 Å². The standard InChI is InChI=1S/C18H26N4O2/c1-20(2)15-7-5-6-14(12-15)17(23)22-11-8-19-13-16(22)18(24)21-9-3-4-10-21/h5-7,12,16,19H,3-4,8-11,13H2,1-2H3. The van der Waals surface area contributed by atoms with Gasteiger partial charge in [0.25, 0.3) is 5.91 Å². The van der Waals surface area contributed by atoms with E-state index in [1.165, 1.54) is 0 Å². The Morgan fingerprint density at radius 2 is 1.92 bits per heavy atom. The second-order valence-corrected chi connectivity index (χ2v) is 6.70. The van der Waals surface area contributed by atoms with Crippen molar-refractivity contribution in [2.75, 3.05) is 51.7 Å². The van der Waals surface area contributed by atoms with E-state index >= 15 is 0 Å². The van der Waals surface area contributed by atoms with E-state index in [1.807, 2.05) is 48.2 Å². The Morgan fingerprint density at radius 3 is 2.62 bits per heavy atom. The topological polar surface area (TPSA) is 55.9 Å². The van der Waals surface area contributed by atoms with Gasteiger partial charge in [-0.15, -0.1) is 0 Å². The molecule has 6 heteroatoms. The maximum atomic E-state index is 13.0. The SMILES string of the molecule is CN(C)c1cccc(C(=O)N2CCNCC2C(=O)N2CCCC2)c1. The van der Waals surface area contributed by atoms with E-state index in [9.17, 15) is 9.59 Å². The molecule has 130 valence electrons. The van der Waals surface area contributed by atoms with Crippen LogP contribution in [-0.4, -0.2) is 74.5 Å². The van der Waals surface area contributed by atoms with Crippen LogP contribution in [0.5, 0.6) is 0 Å². The predicted molar refractivity (Wildman–Crippen MR) is 94.3 cm³/mol. The Kier molecular flexibility index (Phi) is 5.04. The number of nitrogens with one attached hydrogen (secondary N) is 1. The average Bonchev–Trinajstić information content (AvgIpc) is 3.15. The number of carbonyl (C=O) groups excluding carboxylic acids is 2. The van der Waals surface area contributed by atoms with Gasteiger partial charge < -0.3 is 20.0 Å². The quantitative estimate of drug-likeness (QED) is 0.890. The Balaban J connectivity index is 1.80. The summed E-state index contributed by atoms with van der Waals surface area (Å²) in [6.45, 7) is 3.45. The molecule has 1 N–H and O–H groups in total. The van der Waals surface area contributed by atoms with Gasteiger partial charge in [-0.3, -0.25) is 9.59 Å². The molecule has 1 unspecified atom stereocenters. The van der Waals surface area contributed by atoms with Crippen LogP contribution in [0.25, 0.3) is 0 Å². The number of benzene rings is 1. The molecular formula is C18H26N4O2. The lowest BCUT2D eigenvalue weighted by Crippen LogP contribution is -2.59. The second kappa shape index (κ2) is 7.21. The molecule has 2 aliphatic rings. The summed E-state index contributed by atoms with van der Waals surface area (Å²) < 4.78 is 0. The van der Waals surface area contributed by atoms with Gasteiger partial charge in [0.1, 0.15) is 6.04 Å². The van der Waals surface area contributed by atoms with E-state index in [1.54, 1.807) is 4.90 Å². The molecule has 1 aromatic carbocycles. The zero-order valence-corrected chi connectivity index (χ0v) is 14.5. The number of rotatable bonds is 3. The highest BCUT2D eigenvalue weighted by atomic mass is 16.2. The smallest absolute Gasteiger partial charge is 0.254 e. The van der Waals surface area contributed by atoms with Crippen LogP contribution < -0.4 is 10.2 Å². The van der Waals surface area contributed by atoms with Crippen LogP contribution >= 0.6 is 0 Å². The van der Waals surface area contributed by atoms with Crippen LogP contribution in [0.4, 0.5) is 5.69 Å². The molecule has 24 heavy (non-hydrogen) atoms. The molecule has 2 amide bonds. The predicted octanol–water partition coefficient (Wildman–Crippen LogP) is 0.789. The first-order valence-electron chi connectivity index (χ1n) is 8.66. The van der Waals surface area contributed by atoms with Crippen molar-refractivity contribution in [1.29, 1.82) is 0 Å². The van der Waals surface area contributed by atoms with Crippen molar-refractivity contribution in [1.82, 2.24) is 15.1 Å². The average molecular weight is 330 g/mol. The van der Waals surface area contributed by atoms with Gasteiger partial charge in [0, 0.05) is 58.1 Å². The zero-order chi connectivity index (χ0) is 17.1. The highest BCUT2D eigenvalue weighted by Crippen LogP contribution is 2.19. The van der Waals surface area contributed by atoms with Gasteiger partial charge in [-0.2, -0.15) is 0 Å². The van der Waals surface area contributed by atoms with Crippen LogP contribution in [0, 0.1) is 0 Å². The molecule has 0 spiro atoms. The Labute approximate surface area is 143 Å². The molecule has 3 rings (SSSR count). The fourth-order valence-corrected chi connectivity index (χ4v) is 3.40. The molecule has 1 atom stereocenters. The largest absolute Gasteiger partial charge is 0.378 e. The highest BCUT2D eigenvalue weighted by Gasteiger charge is 2.35. The summed E-state index contributed by atoms with van der Waals surface area (Å²) in [5.74, 6) is 0.0227. The van der Waals surface area contributed by atoms with Crippen molar-refractivity contribution in [3.05, 3.63) is 29.8 Å². The molecule has 0 bridgehead atoms. The fraction of sp³-hybridized carbons (Fsp3) is 0.556. The maximum Gasteiger partial charge on any atom is 0.254 e. The van der Waals surface area contributed by atoms with Crippen LogP contribution in [0.15, 0.2) is 24.3 Å². The molecule has 2 fully saturated rings. The molecule has 0 aliphatic carbocycles. The van der Waals surface area contributed by atoms with Crippen LogP contribution in [0.2, 0.25) is 0 Å². The number of nitrogens with zero attached hydrogens (tertiary/aromatic N) is 3. The lowest BCUT2D eigenvalue weighted by molar-refractivity contribution is -0.135. The lowest BCUT2D eigenvalue weighted by atomic mass is 10.1. The second-order valence-electron chi connectivity index (χ2n) is 6.70. The van der Waals surface area contributed by atoms with Gasteiger partial charge in [-0.05, 0) is 31.0 Å². The lowest BCUT2D eigenvalue weighted by Gasteiger charge is -2.37. The van der Waals surface area contributed by atoms with E-state index in [2.05, 4.69) is 5.32 Å². The third-order valence-electron chi connectivity index (χ3n) is 4.82. The Hall–Kier alpha value is -2.08. The normalized spacial score (nSPS) is 21.0. The molecule has 2 aliphatic heterocycles. The Bertz CT molecular complexity index is 611.